The summed E-state index contributed by atoms with van der Waals surface area (Å²) in [6, 6.07) is 0. The van der Waals surface area contributed by atoms with Crippen molar-refractivity contribution >= 4 is 5.97 Å². The first-order chi connectivity index (χ1) is 15.7. The molecule has 0 amide bonds. The van der Waals surface area contributed by atoms with Crippen LogP contribution in [0.3, 0.4) is 0 Å². The fourth-order valence-corrected chi connectivity index (χ4v) is 4.23. The third kappa shape index (κ3) is 23.9. The minimum absolute atomic E-state index is 0.0148. The Labute approximate surface area is 202 Å². The average molecular weight is 451 g/mol. The van der Waals surface area contributed by atoms with Gasteiger partial charge < -0.3 is 4.74 Å². The number of hydrogen-bond acceptors (Lipinski definition) is 2. The van der Waals surface area contributed by atoms with Gasteiger partial charge in [-0.15, -0.1) is 0 Å². The first-order valence-corrected chi connectivity index (χ1v) is 14.5. The number of allylic oxidation sites excluding steroid dienone is 2. The highest BCUT2D eigenvalue weighted by molar-refractivity contribution is 5.69. The summed E-state index contributed by atoms with van der Waals surface area (Å²) in [4.78, 5) is 11.9. The van der Waals surface area contributed by atoms with Crippen LogP contribution in [-0.2, 0) is 9.53 Å². The lowest BCUT2D eigenvalue weighted by Gasteiger charge is -2.14. The molecule has 0 aromatic heterocycles. The highest BCUT2D eigenvalue weighted by atomic mass is 16.5. The molecule has 0 aliphatic rings. The standard InChI is InChI=1S/C30H58O2/c1-4-7-9-10-11-12-13-14-15-16-17-18-19-20-21-22-23-24-25-27-30(31)32-28-29(6-3)26-8-5-2/h14-15,29H,4-13,16-28H2,1-3H3/b15-14-/t29-/m1/s1. The Morgan fingerprint density at radius 3 is 1.59 bits per heavy atom. The molecule has 0 N–H and O–H groups in total. The molecule has 0 aromatic rings. The number of rotatable bonds is 25. The first kappa shape index (κ1) is 31.2. The van der Waals surface area contributed by atoms with Crippen LogP contribution in [0.5, 0.6) is 0 Å². The van der Waals surface area contributed by atoms with E-state index in [0.29, 0.717) is 18.9 Å². The van der Waals surface area contributed by atoms with Crippen molar-refractivity contribution in [2.45, 2.75) is 162 Å². The number of carbonyl (C=O) groups is 1. The van der Waals surface area contributed by atoms with Gasteiger partial charge in [-0.05, 0) is 44.4 Å². The van der Waals surface area contributed by atoms with Gasteiger partial charge in [0, 0.05) is 6.42 Å². The Hall–Kier alpha value is -0.790. The molecule has 0 heterocycles. The lowest BCUT2D eigenvalue weighted by atomic mass is 10.0. The maximum atomic E-state index is 11.9. The largest absolute Gasteiger partial charge is 0.465 e. The molecule has 0 aliphatic heterocycles. The van der Waals surface area contributed by atoms with Crippen LogP contribution in [0, 0.1) is 5.92 Å². The molecule has 190 valence electrons. The Balaban J connectivity index is 3.29. The number of ether oxygens (including phenoxy) is 1. The van der Waals surface area contributed by atoms with Gasteiger partial charge >= 0.3 is 5.97 Å². The summed E-state index contributed by atoms with van der Waals surface area (Å²) in [6.45, 7) is 7.33. The van der Waals surface area contributed by atoms with Gasteiger partial charge in [0.15, 0.2) is 0 Å². The van der Waals surface area contributed by atoms with Crippen LogP contribution in [0.25, 0.3) is 0 Å². The fraction of sp³-hybridized carbons (Fsp3) is 0.900. The highest BCUT2D eigenvalue weighted by Crippen LogP contribution is 2.15. The predicted molar refractivity (Wildman–Crippen MR) is 142 cm³/mol. The molecule has 0 aromatic carbocycles. The summed E-state index contributed by atoms with van der Waals surface area (Å²) in [5.74, 6) is 0.570. The molecule has 32 heavy (non-hydrogen) atoms. The molecule has 0 saturated carbocycles. The second-order valence-corrected chi connectivity index (χ2v) is 9.85. The second kappa shape index (κ2) is 26.5. The van der Waals surface area contributed by atoms with E-state index in [1.54, 1.807) is 0 Å². The van der Waals surface area contributed by atoms with Crippen molar-refractivity contribution in [2.24, 2.45) is 5.92 Å². The van der Waals surface area contributed by atoms with Crippen LogP contribution in [0.4, 0.5) is 0 Å². The predicted octanol–water partition coefficient (Wildman–Crippen LogP) is 10.3. The topological polar surface area (TPSA) is 26.3 Å². The monoisotopic (exact) mass is 450 g/mol. The van der Waals surface area contributed by atoms with Crippen molar-refractivity contribution in [3.05, 3.63) is 12.2 Å². The van der Waals surface area contributed by atoms with Crippen molar-refractivity contribution in [1.82, 2.24) is 0 Å². The van der Waals surface area contributed by atoms with Crippen LogP contribution in [0.2, 0.25) is 0 Å². The molecule has 0 saturated heterocycles. The minimum atomic E-state index is 0.0148. The van der Waals surface area contributed by atoms with Crippen LogP contribution in [-0.4, -0.2) is 12.6 Å². The summed E-state index contributed by atoms with van der Waals surface area (Å²) in [5, 5.41) is 0. The zero-order chi connectivity index (χ0) is 23.5. The molecule has 0 fully saturated rings. The van der Waals surface area contributed by atoms with E-state index in [4.69, 9.17) is 4.74 Å². The maximum Gasteiger partial charge on any atom is 0.305 e. The molecule has 0 bridgehead atoms. The van der Waals surface area contributed by atoms with E-state index in [-0.39, 0.29) is 5.97 Å². The highest BCUT2D eigenvalue weighted by Gasteiger charge is 2.09. The van der Waals surface area contributed by atoms with E-state index < -0.39 is 0 Å². The zero-order valence-electron chi connectivity index (χ0n) is 22.3. The number of hydrogen-bond donors (Lipinski definition) is 0. The van der Waals surface area contributed by atoms with Gasteiger partial charge in [-0.3, -0.25) is 4.79 Å². The van der Waals surface area contributed by atoms with Crippen molar-refractivity contribution in [2.75, 3.05) is 6.61 Å². The molecule has 0 unspecified atom stereocenters. The molecule has 0 radical (unpaired) electrons. The van der Waals surface area contributed by atoms with Crippen LogP contribution < -0.4 is 0 Å². The summed E-state index contributed by atoms with van der Waals surface area (Å²) < 4.78 is 5.49. The lowest BCUT2D eigenvalue weighted by Crippen LogP contribution is -2.13. The van der Waals surface area contributed by atoms with Crippen LogP contribution in [0.1, 0.15) is 162 Å². The number of unbranched alkanes of at least 4 members (excludes halogenated alkanes) is 16. The summed E-state index contributed by atoms with van der Waals surface area (Å²) in [7, 11) is 0. The Morgan fingerprint density at radius 1 is 0.625 bits per heavy atom. The van der Waals surface area contributed by atoms with Gasteiger partial charge in [-0.1, -0.05) is 129 Å². The summed E-state index contributed by atoms with van der Waals surface area (Å²) >= 11 is 0. The average Bonchev–Trinajstić information content (AvgIpc) is 2.80. The van der Waals surface area contributed by atoms with Crippen molar-refractivity contribution in [1.29, 1.82) is 0 Å². The molecule has 2 nitrogen and oxygen atoms in total. The zero-order valence-corrected chi connectivity index (χ0v) is 22.3. The molecule has 2 heteroatoms. The number of esters is 1. The normalized spacial score (nSPS) is 12.5. The third-order valence-corrected chi connectivity index (χ3v) is 6.67. The SMILES string of the molecule is CCCCCCCC/C=C\CCCCCCCCCCCC(=O)OC[C@H](CC)CCCC. The Kier molecular flexibility index (Phi) is 25.8. The molecular formula is C30H58O2. The quantitative estimate of drug-likeness (QED) is 0.0785. The van der Waals surface area contributed by atoms with Crippen molar-refractivity contribution in [3.63, 3.8) is 0 Å². The molecule has 0 rings (SSSR count). The Bertz CT molecular complexity index is 402. The van der Waals surface area contributed by atoms with E-state index in [2.05, 4.69) is 32.9 Å². The van der Waals surface area contributed by atoms with E-state index >= 15 is 0 Å². The van der Waals surface area contributed by atoms with Gasteiger partial charge in [0.25, 0.3) is 0 Å². The second-order valence-electron chi connectivity index (χ2n) is 9.85. The first-order valence-electron chi connectivity index (χ1n) is 14.5. The van der Waals surface area contributed by atoms with Crippen LogP contribution in [0.15, 0.2) is 12.2 Å². The van der Waals surface area contributed by atoms with Gasteiger partial charge in [0.05, 0.1) is 6.61 Å². The van der Waals surface area contributed by atoms with Crippen LogP contribution >= 0.6 is 0 Å². The third-order valence-electron chi connectivity index (χ3n) is 6.67. The number of carbonyl (C=O) groups excluding carboxylic acids is 1. The van der Waals surface area contributed by atoms with Gasteiger partial charge in [0.2, 0.25) is 0 Å². The Morgan fingerprint density at radius 2 is 1.09 bits per heavy atom. The molecule has 1 atom stereocenters. The smallest absolute Gasteiger partial charge is 0.305 e. The van der Waals surface area contributed by atoms with Crippen molar-refractivity contribution in [3.8, 4) is 0 Å². The molecule has 0 spiro atoms. The summed E-state index contributed by atoms with van der Waals surface area (Å²) in [5.41, 5.74) is 0. The molecular weight excluding hydrogens is 392 g/mol. The fourth-order valence-electron chi connectivity index (χ4n) is 4.23. The van der Waals surface area contributed by atoms with E-state index in [9.17, 15) is 4.79 Å². The summed E-state index contributed by atoms with van der Waals surface area (Å²) in [6.07, 6.45) is 32.7. The van der Waals surface area contributed by atoms with E-state index in [0.717, 1.165) is 12.8 Å². The van der Waals surface area contributed by atoms with Gasteiger partial charge in [-0.25, -0.2) is 0 Å². The van der Waals surface area contributed by atoms with E-state index in [1.165, 1.54) is 122 Å². The van der Waals surface area contributed by atoms with Gasteiger partial charge in [0.1, 0.15) is 0 Å². The van der Waals surface area contributed by atoms with E-state index in [1.807, 2.05) is 0 Å². The van der Waals surface area contributed by atoms with Crippen molar-refractivity contribution < 1.29 is 9.53 Å². The van der Waals surface area contributed by atoms with Gasteiger partial charge in [-0.2, -0.15) is 0 Å². The minimum Gasteiger partial charge on any atom is -0.465 e. The molecule has 0 aliphatic carbocycles. The maximum absolute atomic E-state index is 11.9. The lowest BCUT2D eigenvalue weighted by molar-refractivity contribution is -0.145.